The molecule has 0 saturated heterocycles. The van der Waals surface area contributed by atoms with Gasteiger partial charge < -0.3 is 9.84 Å². The van der Waals surface area contributed by atoms with Crippen LogP contribution < -0.4 is 4.74 Å². The van der Waals surface area contributed by atoms with E-state index in [1.165, 1.54) is 13.2 Å². The lowest BCUT2D eigenvalue weighted by atomic mass is 10.2. The Labute approximate surface area is 114 Å². The molecule has 0 aliphatic heterocycles. The molecule has 6 nitrogen and oxygen atoms in total. The van der Waals surface area contributed by atoms with E-state index in [0.29, 0.717) is 22.8 Å². The van der Waals surface area contributed by atoms with Crippen LogP contribution in [0.2, 0.25) is 0 Å². The average Bonchev–Trinajstić information content (AvgIpc) is 2.90. The van der Waals surface area contributed by atoms with Crippen molar-refractivity contribution < 1.29 is 9.84 Å². The highest BCUT2D eigenvalue weighted by atomic mass is 16.5. The Kier molecular flexibility index (Phi) is 2.73. The van der Waals surface area contributed by atoms with Crippen LogP contribution in [0.15, 0.2) is 36.5 Å². The van der Waals surface area contributed by atoms with Crippen molar-refractivity contribution in [1.82, 2.24) is 14.6 Å². The molecule has 98 valence electrons. The van der Waals surface area contributed by atoms with Gasteiger partial charge in [-0.05, 0) is 24.3 Å². The smallest absolute Gasteiger partial charge is 0.182 e. The van der Waals surface area contributed by atoms with Crippen LogP contribution in [0, 0.1) is 11.3 Å². The second kappa shape index (κ2) is 4.55. The molecule has 1 N–H and O–H groups in total. The molecule has 0 aliphatic carbocycles. The summed E-state index contributed by atoms with van der Waals surface area (Å²) in [7, 11) is 1.48. The molecule has 2 heterocycles. The minimum absolute atomic E-state index is 0.0618. The van der Waals surface area contributed by atoms with E-state index < -0.39 is 0 Å². The summed E-state index contributed by atoms with van der Waals surface area (Å²) in [5.41, 5.74) is 1.84. The summed E-state index contributed by atoms with van der Waals surface area (Å²) in [5, 5.41) is 22.8. The van der Waals surface area contributed by atoms with Gasteiger partial charge in [0.15, 0.2) is 23.0 Å². The number of phenols is 1. The minimum Gasteiger partial charge on any atom is -0.504 e. The van der Waals surface area contributed by atoms with Gasteiger partial charge in [0, 0.05) is 17.8 Å². The van der Waals surface area contributed by atoms with Gasteiger partial charge in [-0.15, -0.1) is 5.10 Å². The Morgan fingerprint density at radius 2 is 2.15 bits per heavy atom. The molecular formula is C14H10N4O2. The molecule has 0 unspecified atom stereocenters. The molecule has 0 aliphatic rings. The predicted octanol–water partition coefficient (Wildman–Crippen LogP) is 1.98. The molecule has 0 amide bonds. The molecule has 0 spiro atoms. The number of aromatic nitrogens is 3. The monoisotopic (exact) mass is 266 g/mol. The van der Waals surface area contributed by atoms with Crippen LogP contribution in [0.1, 0.15) is 5.56 Å². The summed E-state index contributed by atoms with van der Waals surface area (Å²) >= 11 is 0. The SMILES string of the molecule is COc1cc(-c2nc3cc(C#N)ccn3n2)ccc1O. The minimum atomic E-state index is 0.0618. The summed E-state index contributed by atoms with van der Waals surface area (Å²) in [6, 6.07) is 10.3. The number of nitriles is 1. The quantitative estimate of drug-likeness (QED) is 0.766. The summed E-state index contributed by atoms with van der Waals surface area (Å²) in [4.78, 5) is 4.36. The van der Waals surface area contributed by atoms with Crippen LogP contribution >= 0.6 is 0 Å². The zero-order valence-electron chi connectivity index (χ0n) is 10.6. The van der Waals surface area contributed by atoms with Crippen molar-refractivity contribution in [3.63, 3.8) is 0 Å². The number of rotatable bonds is 2. The van der Waals surface area contributed by atoms with Crippen molar-refractivity contribution in [2.24, 2.45) is 0 Å². The maximum absolute atomic E-state index is 9.58. The third-order valence-electron chi connectivity index (χ3n) is 2.90. The van der Waals surface area contributed by atoms with Crippen LogP contribution in [0.5, 0.6) is 11.5 Å². The molecule has 2 aromatic heterocycles. The van der Waals surface area contributed by atoms with E-state index in [2.05, 4.69) is 16.2 Å². The first kappa shape index (κ1) is 12.0. The van der Waals surface area contributed by atoms with E-state index in [1.807, 2.05) is 0 Å². The lowest BCUT2D eigenvalue weighted by Gasteiger charge is -2.03. The Morgan fingerprint density at radius 3 is 2.90 bits per heavy atom. The summed E-state index contributed by atoms with van der Waals surface area (Å²) in [6.07, 6.45) is 1.68. The van der Waals surface area contributed by atoms with Crippen LogP contribution in [0.3, 0.4) is 0 Å². The highest BCUT2D eigenvalue weighted by Gasteiger charge is 2.10. The first-order chi connectivity index (χ1) is 9.71. The maximum Gasteiger partial charge on any atom is 0.182 e. The van der Waals surface area contributed by atoms with Gasteiger partial charge in [0.25, 0.3) is 0 Å². The third-order valence-corrected chi connectivity index (χ3v) is 2.90. The van der Waals surface area contributed by atoms with Gasteiger partial charge in [-0.1, -0.05) is 0 Å². The van der Waals surface area contributed by atoms with Crippen molar-refractivity contribution in [3.8, 4) is 29.0 Å². The van der Waals surface area contributed by atoms with E-state index in [-0.39, 0.29) is 5.75 Å². The molecule has 20 heavy (non-hydrogen) atoms. The summed E-state index contributed by atoms with van der Waals surface area (Å²) in [6.45, 7) is 0. The molecule has 0 bridgehead atoms. The van der Waals surface area contributed by atoms with Crippen LogP contribution in [-0.2, 0) is 0 Å². The fourth-order valence-corrected chi connectivity index (χ4v) is 1.89. The van der Waals surface area contributed by atoms with Crippen LogP contribution in [0.4, 0.5) is 0 Å². The number of aromatic hydroxyl groups is 1. The van der Waals surface area contributed by atoms with E-state index in [0.717, 1.165) is 5.56 Å². The Bertz CT molecular complexity index is 833. The zero-order valence-corrected chi connectivity index (χ0v) is 10.6. The molecule has 0 radical (unpaired) electrons. The van der Waals surface area contributed by atoms with Gasteiger partial charge in [0.2, 0.25) is 0 Å². The second-order valence-corrected chi connectivity index (χ2v) is 4.15. The van der Waals surface area contributed by atoms with Gasteiger partial charge in [0.05, 0.1) is 18.7 Å². The first-order valence-corrected chi connectivity index (χ1v) is 5.85. The van der Waals surface area contributed by atoms with E-state index in [4.69, 9.17) is 10.00 Å². The van der Waals surface area contributed by atoms with Gasteiger partial charge in [-0.3, -0.25) is 0 Å². The van der Waals surface area contributed by atoms with Crippen molar-refractivity contribution in [2.45, 2.75) is 0 Å². The summed E-state index contributed by atoms with van der Waals surface area (Å²) < 4.78 is 6.66. The molecule has 1 aromatic carbocycles. The second-order valence-electron chi connectivity index (χ2n) is 4.15. The Morgan fingerprint density at radius 1 is 1.30 bits per heavy atom. The third kappa shape index (κ3) is 1.91. The predicted molar refractivity (Wildman–Crippen MR) is 71.4 cm³/mol. The van der Waals surface area contributed by atoms with Crippen molar-refractivity contribution in [3.05, 3.63) is 42.1 Å². The van der Waals surface area contributed by atoms with E-state index in [9.17, 15) is 5.11 Å². The average molecular weight is 266 g/mol. The van der Waals surface area contributed by atoms with Gasteiger partial charge in [-0.2, -0.15) is 5.26 Å². The molecule has 3 rings (SSSR count). The zero-order chi connectivity index (χ0) is 14.1. The molecule has 3 aromatic rings. The largest absolute Gasteiger partial charge is 0.504 e. The van der Waals surface area contributed by atoms with Crippen LogP contribution in [-0.4, -0.2) is 26.8 Å². The van der Waals surface area contributed by atoms with E-state index >= 15 is 0 Å². The van der Waals surface area contributed by atoms with Gasteiger partial charge in [-0.25, -0.2) is 9.50 Å². The number of pyridine rings is 1. The summed E-state index contributed by atoms with van der Waals surface area (Å²) in [5.74, 6) is 0.921. The fraction of sp³-hybridized carbons (Fsp3) is 0.0714. The normalized spacial score (nSPS) is 10.4. The standard InChI is InChI=1S/C14H10N4O2/c1-20-12-7-10(2-3-11(12)19)14-16-13-6-9(8-15)4-5-18(13)17-14/h2-7,19H,1H3. The number of ether oxygens (including phenoxy) is 1. The number of phenolic OH excluding ortho intramolecular Hbond substituents is 1. The molecular weight excluding hydrogens is 256 g/mol. The highest BCUT2D eigenvalue weighted by Crippen LogP contribution is 2.30. The maximum atomic E-state index is 9.58. The number of fused-ring (bicyclic) bond motifs is 1. The van der Waals surface area contributed by atoms with Gasteiger partial charge >= 0.3 is 0 Å². The Hall–Kier alpha value is -3.07. The number of methoxy groups -OCH3 is 1. The van der Waals surface area contributed by atoms with Crippen LogP contribution in [0.25, 0.3) is 17.0 Å². The fourth-order valence-electron chi connectivity index (χ4n) is 1.89. The molecule has 6 heteroatoms. The number of benzene rings is 1. The molecule has 0 fully saturated rings. The number of hydrogen-bond donors (Lipinski definition) is 1. The van der Waals surface area contributed by atoms with Crippen molar-refractivity contribution in [2.75, 3.05) is 7.11 Å². The number of nitrogens with zero attached hydrogens (tertiary/aromatic N) is 4. The van der Waals surface area contributed by atoms with Gasteiger partial charge in [0.1, 0.15) is 0 Å². The van der Waals surface area contributed by atoms with Crippen molar-refractivity contribution in [1.29, 1.82) is 5.26 Å². The number of hydrogen-bond acceptors (Lipinski definition) is 5. The first-order valence-electron chi connectivity index (χ1n) is 5.85. The Balaban J connectivity index is 2.12. The topological polar surface area (TPSA) is 83.4 Å². The van der Waals surface area contributed by atoms with E-state index in [1.54, 1.807) is 35.0 Å². The lowest BCUT2D eigenvalue weighted by Crippen LogP contribution is -1.88. The molecule has 0 atom stereocenters. The molecule has 0 saturated carbocycles. The lowest BCUT2D eigenvalue weighted by molar-refractivity contribution is 0.373. The van der Waals surface area contributed by atoms with Crippen molar-refractivity contribution >= 4 is 5.65 Å². The highest BCUT2D eigenvalue weighted by molar-refractivity contribution is 5.63.